The van der Waals surface area contributed by atoms with Gasteiger partial charge >= 0.3 is 0 Å². The van der Waals surface area contributed by atoms with Crippen molar-refractivity contribution in [2.45, 2.75) is 38.6 Å². The summed E-state index contributed by atoms with van der Waals surface area (Å²) in [5, 5.41) is 3.13. The van der Waals surface area contributed by atoms with Gasteiger partial charge in [-0.25, -0.2) is 0 Å². The monoisotopic (exact) mass is 247 g/mol. The summed E-state index contributed by atoms with van der Waals surface area (Å²) < 4.78 is 5.14. The zero-order chi connectivity index (χ0) is 13.2. The van der Waals surface area contributed by atoms with Crippen molar-refractivity contribution in [3.63, 3.8) is 0 Å². The molecule has 0 bridgehead atoms. The Bertz CT molecular complexity index is 419. The number of nitrogens with one attached hydrogen (secondary N) is 1. The Kier molecular flexibility index (Phi) is 3.60. The zero-order valence-electron chi connectivity index (χ0n) is 11.3. The first-order chi connectivity index (χ1) is 8.53. The molecule has 0 aromatic heterocycles. The lowest BCUT2D eigenvalue weighted by Crippen LogP contribution is -2.45. The molecule has 1 fully saturated rings. The fourth-order valence-electron chi connectivity index (χ4n) is 2.16. The van der Waals surface area contributed by atoms with Gasteiger partial charge in [-0.3, -0.25) is 4.79 Å². The second kappa shape index (κ2) is 5.01. The highest BCUT2D eigenvalue weighted by Crippen LogP contribution is 2.29. The quantitative estimate of drug-likeness (QED) is 0.888. The molecule has 1 saturated carbocycles. The summed E-state index contributed by atoms with van der Waals surface area (Å²) >= 11 is 0. The Labute approximate surface area is 109 Å². The molecule has 3 nitrogen and oxygen atoms in total. The molecule has 0 radical (unpaired) electrons. The fraction of sp³-hybridized carbons (Fsp3) is 0.533. The van der Waals surface area contributed by atoms with E-state index < -0.39 is 0 Å². The van der Waals surface area contributed by atoms with Gasteiger partial charge < -0.3 is 10.1 Å². The predicted octanol–water partition coefficient (Wildman–Crippen LogP) is 2.85. The molecule has 2 rings (SSSR count). The van der Waals surface area contributed by atoms with Crippen LogP contribution in [0.1, 0.15) is 38.7 Å². The van der Waals surface area contributed by atoms with Gasteiger partial charge in [0.05, 0.1) is 12.6 Å². The smallest absolute Gasteiger partial charge is 0.223 e. The minimum absolute atomic E-state index is 0.182. The number of carbonyl (C=O) groups excluding carboxylic acids is 1. The Morgan fingerprint density at radius 2 is 1.89 bits per heavy atom. The maximum atomic E-state index is 12.0. The number of benzene rings is 1. The van der Waals surface area contributed by atoms with E-state index >= 15 is 0 Å². The molecule has 1 N–H and O–H groups in total. The number of rotatable bonds is 4. The van der Waals surface area contributed by atoms with Crippen molar-refractivity contribution in [3.8, 4) is 5.75 Å². The average molecular weight is 247 g/mol. The van der Waals surface area contributed by atoms with Crippen LogP contribution in [0.4, 0.5) is 0 Å². The molecule has 1 amide bonds. The van der Waals surface area contributed by atoms with Crippen molar-refractivity contribution in [1.82, 2.24) is 5.32 Å². The first-order valence-corrected chi connectivity index (χ1v) is 6.49. The number of methoxy groups -OCH3 is 1. The SMILES string of the molecule is COc1ccc(C(C)(C)NC(=O)C2CCC2)cc1. The molecule has 1 aromatic carbocycles. The Balaban J connectivity index is 2.05. The summed E-state index contributed by atoms with van der Waals surface area (Å²) in [6.45, 7) is 4.07. The van der Waals surface area contributed by atoms with Crippen LogP contribution in [0.2, 0.25) is 0 Å². The van der Waals surface area contributed by atoms with Crippen molar-refractivity contribution in [3.05, 3.63) is 29.8 Å². The second-order valence-electron chi connectivity index (χ2n) is 5.47. The van der Waals surface area contributed by atoms with Gasteiger partial charge in [0.1, 0.15) is 5.75 Å². The lowest BCUT2D eigenvalue weighted by Gasteiger charge is -2.32. The summed E-state index contributed by atoms with van der Waals surface area (Å²) in [6.07, 6.45) is 3.25. The van der Waals surface area contributed by atoms with Crippen LogP contribution in [-0.2, 0) is 10.3 Å². The minimum atomic E-state index is -0.334. The molecule has 18 heavy (non-hydrogen) atoms. The van der Waals surface area contributed by atoms with Gasteiger partial charge in [0, 0.05) is 5.92 Å². The molecular weight excluding hydrogens is 226 g/mol. The van der Waals surface area contributed by atoms with Crippen molar-refractivity contribution >= 4 is 5.91 Å². The maximum absolute atomic E-state index is 12.0. The van der Waals surface area contributed by atoms with E-state index in [2.05, 4.69) is 5.32 Å². The Morgan fingerprint density at radius 3 is 2.33 bits per heavy atom. The summed E-state index contributed by atoms with van der Waals surface area (Å²) in [7, 11) is 1.65. The Morgan fingerprint density at radius 1 is 1.28 bits per heavy atom. The summed E-state index contributed by atoms with van der Waals surface area (Å²) in [4.78, 5) is 12.0. The van der Waals surface area contributed by atoms with Crippen LogP contribution < -0.4 is 10.1 Å². The van der Waals surface area contributed by atoms with Crippen molar-refractivity contribution in [2.75, 3.05) is 7.11 Å². The number of hydrogen-bond acceptors (Lipinski definition) is 2. The topological polar surface area (TPSA) is 38.3 Å². The third-order valence-corrected chi connectivity index (χ3v) is 3.72. The van der Waals surface area contributed by atoms with E-state index in [1.54, 1.807) is 7.11 Å². The minimum Gasteiger partial charge on any atom is -0.497 e. The highest BCUT2D eigenvalue weighted by Gasteiger charge is 2.30. The second-order valence-corrected chi connectivity index (χ2v) is 5.47. The number of carbonyl (C=O) groups is 1. The van der Waals surface area contributed by atoms with Crippen molar-refractivity contribution < 1.29 is 9.53 Å². The van der Waals surface area contributed by atoms with Crippen LogP contribution in [-0.4, -0.2) is 13.0 Å². The third-order valence-electron chi connectivity index (χ3n) is 3.72. The van der Waals surface area contributed by atoms with Gasteiger partial charge in [0.2, 0.25) is 5.91 Å². The third kappa shape index (κ3) is 2.66. The normalized spacial score (nSPS) is 15.9. The summed E-state index contributed by atoms with van der Waals surface area (Å²) in [6, 6.07) is 7.85. The molecule has 1 aliphatic carbocycles. The fourth-order valence-corrected chi connectivity index (χ4v) is 2.16. The zero-order valence-corrected chi connectivity index (χ0v) is 11.3. The van der Waals surface area contributed by atoms with Crippen molar-refractivity contribution in [1.29, 1.82) is 0 Å². The van der Waals surface area contributed by atoms with Crippen LogP contribution in [0.25, 0.3) is 0 Å². The highest BCUT2D eigenvalue weighted by atomic mass is 16.5. The Hall–Kier alpha value is -1.51. The van der Waals surface area contributed by atoms with Crippen LogP contribution in [0, 0.1) is 5.92 Å². The molecule has 1 aliphatic rings. The van der Waals surface area contributed by atoms with Crippen LogP contribution in [0.5, 0.6) is 5.75 Å². The lowest BCUT2D eigenvalue weighted by atomic mass is 9.83. The molecule has 3 heteroatoms. The highest BCUT2D eigenvalue weighted by molar-refractivity contribution is 5.80. The van der Waals surface area contributed by atoms with Gasteiger partial charge in [-0.1, -0.05) is 18.6 Å². The van der Waals surface area contributed by atoms with Crippen molar-refractivity contribution in [2.24, 2.45) is 5.92 Å². The van der Waals surface area contributed by atoms with E-state index in [4.69, 9.17) is 4.74 Å². The first-order valence-electron chi connectivity index (χ1n) is 6.49. The number of ether oxygens (including phenoxy) is 1. The van der Waals surface area contributed by atoms with Gasteiger partial charge in [-0.2, -0.15) is 0 Å². The van der Waals surface area contributed by atoms with Gasteiger partial charge in [-0.05, 0) is 44.4 Å². The molecule has 0 saturated heterocycles. The molecule has 0 spiro atoms. The van der Waals surface area contributed by atoms with E-state index in [9.17, 15) is 4.79 Å². The molecular formula is C15H21NO2. The average Bonchev–Trinajstić information content (AvgIpc) is 2.26. The molecule has 1 aromatic rings. The van der Waals surface area contributed by atoms with Gasteiger partial charge in [0.15, 0.2) is 0 Å². The van der Waals surface area contributed by atoms with E-state index in [1.807, 2.05) is 38.1 Å². The maximum Gasteiger partial charge on any atom is 0.223 e. The van der Waals surface area contributed by atoms with Crippen LogP contribution >= 0.6 is 0 Å². The van der Waals surface area contributed by atoms with Gasteiger partial charge in [-0.15, -0.1) is 0 Å². The van der Waals surface area contributed by atoms with E-state index in [0.717, 1.165) is 24.2 Å². The molecule has 0 atom stereocenters. The summed E-state index contributed by atoms with van der Waals surface area (Å²) in [5.74, 6) is 1.24. The van der Waals surface area contributed by atoms with E-state index in [1.165, 1.54) is 6.42 Å². The predicted molar refractivity (Wildman–Crippen MR) is 71.5 cm³/mol. The lowest BCUT2D eigenvalue weighted by molar-refractivity contribution is -0.129. The molecule has 0 heterocycles. The number of amides is 1. The van der Waals surface area contributed by atoms with E-state index in [0.29, 0.717) is 0 Å². The summed E-state index contributed by atoms with van der Waals surface area (Å²) in [5.41, 5.74) is 0.759. The van der Waals surface area contributed by atoms with Crippen LogP contribution in [0.3, 0.4) is 0 Å². The van der Waals surface area contributed by atoms with Crippen LogP contribution in [0.15, 0.2) is 24.3 Å². The molecule has 0 unspecified atom stereocenters. The van der Waals surface area contributed by atoms with Gasteiger partial charge in [0.25, 0.3) is 0 Å². The largest absolute Gasteiger partial charge is 0.497 e. The number of hydrogen-bond donors (Lipinski definition) is 1. The standard InChI is InChI=1S/C15H21NO2/c1-15(2,16-14(17)11-5-4-6-11)12-7-9-13(18-3)10-8-12/h7-11H,4-6H2,1-3H3,(H,16,17). The first kappa shape index (κ1) is 12.9. The van der Waals surface area contributed by atoms with E-state index in [-0.39, 0.29) is 17.4 Å². The molecule has 98 valence electrons. The molecule has 0 aliphatic heterocycles.